The molecule has 0 bridgehead atoms. The third-order valence-corrected chi connectivity index (χ3v) is 5.39. The average Bonchev–Trinajstić information content (AvgIpc) is 2.92. The monoisotopic (exact) mass is 352 g/mol. The van der Waals surface area contributed by atoms with Gasteiger partial charge in [-0.3, -0.25) is 4.79 Å². The Balaban J connectivity index is 1.88. The second-order valence-corrected chi connectivity index (χ2v) is 7.00. The van der Waals surface area contributed by atoms with Crippen LogP contribution in [0.15, 0.2) is 42.5 Å². The Morgan fingerprint density at radius 3 is 2.80 bits per heavy atom. The largest absolute Gasteiger partial charge is 0.337 e. The standard InChI is InChI=1S/C21H21ClN2O/c1-3-23-19-11-10-16(22)13-17(19)14(2)20(23)21(25)24-12-6-8-15-7-4-5-9-18(15)24/h4-5,7,9-11,13H,3,6,8,12H2,1-2H3. The van der Waals surface area contributed by atoms with E-state index in [2.05, 4.69) is 23.6 Å². The van der Waals surface area contributed by atoms with Gasteiger partial charge in [-0.15, -0.1) is 0 Å². The second-order valence-electron chi connectivity index (χ2n) is 6.57. The Morgan fingerprint density at radius 2 is 2.00 bits per heavy atom. The molecule has 1 aliphatic rings. The quantitative estimate of drug-likeness (QED) is 0.621. The Bertz CT molecular complexity index is 973. The lowest BCUT2D eigenvalue weighted by Crippen LogP contribution is -2.37. The van der Waals surface area contributed by atoms with Crippen molar-refractivity contribution in [3.8, 4) is 0 Å². The van der Waals surface area contributed by atoms with Gasteiger partial charge in [-0.05, 0) is 62.1 Å². The molecule has 3 aromatic rings. The summed E-state index contributed by atoms with van der Waals surface area (Å²) in [6, 6.07) is 14.1. The van der Waals surface area contributed by atoms with Gasteiger partial charge in [-0.2, -0.15) is 0 Å². The van der Waals surface area contributed by atoms with Gasteiger partial charge < -0.3 is 9.47 Å². The number of nitrogens with zero attached hydrogens (tertiary/aromatic N) is 2. The smallest absolute Gasteiger partial charge is 0.275 e. The van der Waals surface area contributed by atoms with Gasteiger partial charge >= 0.3 is 0 Å². The zero-order chi connectivity index (χ0) is 17.6. The lowest BCUT2D eigenvalue weighted by atomic mass is 10.0. The Morgan fingerprint density at radius 1 is 1.20 bits per heavy atom. The number of carbonyl (C=O) groups excluding carboxylic acids is 1. The van der Waals surface area contributed by atoms with E-state index in [1.165, 1.54) is 5.56 Å². The van der Waals surface area contributed by atoms with Crippen molar-refractivity contribution in [2.75, 3.05) is 11.4 Å². The fourth-order valence-electron chi connectivity index (χ4n) is 3.97. The summed E-state index contributed by atoms with van der Waals surface area (Å²) in [5.74, 6) is 0.0822. The number of anilines is 1. The SMILES string of the molecule is CCn1c(C(=O)N2CCCc3ccccc32)c(C)c2cc(Cl)ccc21. The minimum absolute atomic E-state index is 0.0822. The molecule has 0 spiro atoms. The van der Waals surface area contributed by atoms with Gasteiger partial charge in [0.2, 0.25) is 0 Å². The summed E-state index contributed by atoms with van der Waals surface area (Å²) in [5, 5.41) is 1.76. The lowest BCUT2D eigenvalue weighted by molar-refractivity contribution is 0.0976. The minimum Gasteiger partial charge on any atom is -0.337 e. The van der Waals surface area contributed by atoms with Gasteiger partial charge in [0.1, 0.15) is 5.69 Å². The molecule has 0 N–H and O–H groups in total. The van der Waals surface area contributed by atoms with Crippen LogP contribution in [0.3, 0.4) is 0 Å². The van der Waals surface area contributed by atoms with E-state index in [0.29, 0.717) is 5.02 Å². The molecule has 1 amide bonds. The predicted octanol–water partition coefficient (Wildman–Crippen LogP) is 5.22. The van der Waals surface area contributed by atoms with Gasteiger partial charge in [0.05, 0.1) is 0 Å². The van der Waals surface area contributed by atoms with Crippen molar-refractivity contribution in [3.63, 3.8) is 0 Å². The topological polar surface area (TPSA) is 25.2 Å². The first-order valence-corrected chi connectivity index (χ1v) is 9.17. The van der Waals surface area contributed by atoms with Crippen LogP contribution in [0.4, 0.5) is 5.69 Å². The van der Waals surface area contributed by atoms with Crippen molar-refractivity contribution in [1.29, 1.82) is 0 Å². The maximum atomic E-state index is 13.5. The van der Waals surface area contributed by atoms with Gasteiger partial charge in [0.25, 0.3) is 5.91 Å². The number of benzene rings is 2. The summed E-state index contributed by atoms with van der Waals surface area (Å²) in [7, 11) is 0. The Labute approximate surface area is 152 Å². The molecule has 2 heterocycles. The highest BCUT2D eigenvalue weighted by Gasteiger charge is 2.28. The van der Waals surface area contributed by atoms with Gasteiger partial charge in [-0.1, -0.05) is 29.8 Å². The fourth-order valence-corrected chi connectivity index (χ4v) is 4.14. The number of amides is 1. The number of carbonyl (C=O) groups is 1. The van der Waals surface area contributed by atoms with Crippen LogP contribution >= 0.6 is 11.6 Å². The number of fused-ring (bicyclic) bond motifs is 2. The van der Waals surface area contributed by atoms with Crippen molar-refractivity contribution >= 4 is 34.1 Å². The first kappa shape index (κ1) is 16.2. The van der Waals surface area contributed by atoms with Gasteiger partial charge in [0.15, 0.2) is 0 Å². The number of rotatable bonds is 2. The van der Waals surface area contributed by atoms with Crippen LogP contribution in [0.2, 0.25) is 5.02 Å². The number of hydrogen-bond donors (Lipinski definition) is 0. The van der Waals surface area contributed by atoms with E-state index in [4.69, 9.17) is 11.6 Å². The van der Waals surface area contributed by atoms with Crippen molar-refractivity contribution in [3.05, 3.63) is 64.3 Å². The first-order valence-electron chi connectivity index (χ1n) is 8.80. The molecule has 2 aromatic carbocycles. The molecule has 0 aliphatic carbocycles. The van der Waals surface area contributed by atoms with Crippen LogP contribution in [-0.2, 0) is 13.0 Å². The zero-order valence-corrected chi connectivity index (χ0v) is 15.3. The molecule has 4 rings (SSSR count). The van der Waals surface area contributed by atoms with E-state index in [-0.39, 0.29) is 5.91 Å². The van der Waals surface area contributed by atoms with Crippen molar-refractivity contribution < 1.29 is 4.79 Å². The van der Waals surface area contributed by atoms with Crippen LogP contribution in [0.1, 0.15) is 35.0 Å². The molecule has 0 atom stereocenters. The molecular weight excluding hydrogens is 332 g/mol. The summed E-state index contributed by atoms with van der Waals surface area (Å²) in [6.07, 6.45) is 2.03. The van der Waals surface area contributed by atoms with Crippen LogP contribution in [0.5, 0.6) is 0 Å². The van der Waals surface area contributed by atoms with E-state index >= 15 is 0 Å². The Kier molecular flexibility index (Phi) is 4.04. The molecule has 1 aromatic heterocycles. The van der Waals surface area contributed by atoms with E-state index in [9.17, 15) is 4.79 Å². The number of halogens is 1. The summed E-state index contributed by atoms with van der Waals surface area (Å²) >= 11 is 6.19. The third kappa shape index (κ3) is 2.54. The van der Waals surface area contributed by atoms with Crippen LogP contribution in [0.25, 0.3) is 10.9 Å². The molecule has 128 valence electrons. The molecule has 25 heavy (non-hydrogen) atoms. The lowest BCUT2D eigenvalue weighted by Gasteiger charge is -2.30. The van der Waals surface area contributed by atoms with Crippen LogP contribution in [0, 0.1) is 6.92 Å². The average molecular weight is 353 g/mol. The van der Waals surface area contributed by atoms with Gasteiger partial charge in [-0.25, -0.2) is 0 Å². The molecular formula is C21H21ClN2O. The molecule has 0 saturated heterocycles. The highest BCUT2D eigenvalue weighted by atomic mass is 35.5. The second kappa shape index (κ2) is 6.23. The highest BCUT2D eigenvalue weighted by Crippen LogP contribution is 2.32. The highest BCUT2D eigenvalue weighted by molar-refractivity contribution is 6.31. The summed E-state index contributed by atoms with van der Waals surface area (Å²) in [4.78, 5) is 15.4. The predicted molar refractivity (Wildman–Crippen MR) is 104 cm³/mol. The first-order chi connectivity index (χ1) is 12.1. The fraction of sp³-hybridized carbons (Fsp3) is 0.286. The maximum Gasteiger partial charge on any atom is 0.275 e. The molecule has 4 heteroatoms. The number of para-hydroxylation sites is 1. The Hall–Kier alpha value is -2.26. The third-order valence-electron chi connectivity index (χ3n) is 5.15. The molecule has 0 saturated carbocycles. The van der Waals surface area contributed by atoms with Gasteiger partial charge in [0, 0.05) is 34.7 Å². The summed E-state index contributed by atoms with van der Waals surface area (Å²) in [5.41, 5.74) is 5.15. The minimum atomic E-state index is 0.0822. The van der Waals surface area contributed by atoms with E-state index in [1.54, 1.807) is 0 Å². The number of aromatic nitrogens is 1. The molecule has 0 fully saturated rings. The van der Waals surface area contributed by atoms with Crippen molar-refractivity contribution in [2.24, 2.45) is 0 Å². The van der Waals surface area contributed by atoms with Crippen LogP contribution < -0.4 is 4.90 Å². The van der Waals surface area contributed by atoms with E-state index < -0.39 is 0 Å². The molecule has 0 radical (unpaired) electrons. The summed E-state index contributed by atoms with van der Waals surface area (Å²) in [6.45, 7) is 5.62. The molecule has 1 aliphatic heterocycles. The van der Waals surface area contributed by atoms with Crippen molar-refractivity contribution in [2.45, 2.75) is 33.2 Å². The maximum absolute atomic E-state index is 13.5. The molecule has 3 nitrogen and oxygen atoms in total. The van der Waals surface area contributed by atoms with Crippen molar-refractivity contribution in [1.82, 2.24) is 4.57 Å². The number of hydrogen-bond acceptors (Lipinski definition) is 1. The summed E-state index contributed by atoms with van der Waals surface area (Å²) < 4.78 is 2.11. The molecule has 0 unspecified atom stereocenters. The van der Waals surface area contributed by atoms with Crippen LogP contribution in [-0.4, -0.2) is 17.0 Å². The van der Waals surface area contributed by atoms with E-state index in [1.807, 2.05) is 42.2 Å². The van der Waals surface area contributed by atoms with E-state index in [0.717, 1.165) is 53.8 Å². The zero-order valence-electron chi connectivity index (χ0n) is 14.6. The normalized spacial score (nSPS) is 14.0. The number of aryl methyl sites for hydroxylation is 3.